The number of aromatic nitrogens is 1. The summed E-state index contributed by atoms with van der Waals surface area (Å²) >= 11 is 18.4. The van der Waals surface area contributed by atoms with Crippen LogP contribution in [0.25, 0.3) is 0 Å². The number of hydrogen-bond donors (Lipinski definition) is 2. The topological polar surface area (TPSA) is 88.2 Å². The zero-order valence-corrected chi connectivity index (χ0v) is 18.1. The smallest absolute Gasteiger partial charge is 0.265 e. The molecule has 1 amide bonds. The van der Waals surface area contributed by atoms with E-state index in [1.807, 2.05) is 0 Å². The number of benzene rings is 2. The molecule has 3 aromatic rings. The van der Waals surface area contributed by atoms with E-state index in [0.29, 0.717) is 9.90 Å². The van der Waals surface area contributed by atoms with Crippen molar-refractivity contribution in [2.24, 2.45) is 0 Å². The highest BCUT2D eigenvalue weighted by Crippen LogP contribution is 2.28. The summed E-state index contributed by atoms with van der Waals surface area (Å²) in [7, 11) is -4.02. The molecule has 0 spiro atoms. The van der Waals surface area contributed by atoms with Crippen molar-refractivity contribution in [2.75, 3.05) is 4.72 Å². The van der Waals surface area contributed by atoms with E-state index < -0.39 is 21.7 Å². The Kier molecular flexibility index (Phi) is 6.65. The van der Waals surface area contributed by atoms with E-state index in [9.17, 15) is 17.6 Å². The number of hydrogen-bond acceptors (Lipinski definition) is 5. The van der Waals surface area contributed by atoms with Gasteiger partial charge in [0.15, 0.2) is 5.13 Å². The van der Waals surface area contributed by atoms with Gasteiger partial charge in [0, 0.05) is 12.1 Å². The first-order valence-electron chi connectivity index (χ1n) is 7.81. The second kappa shape index (κ2) is 8.85. The molecule has 0 unspecified atom stereocenters. The van der Waals surface area contributed by atoms with E-state index in [2.05, 4.69) is 15.0 Å². The number of nitrogens with one attached hydrogen (secondary N) is 2. The molecule has 2 N–H and O–H groups in total. The number of thiazole rings is 1. The molecule has 3 rings (SSSR count). The molecule has 0 bridgehead atoms. The van der Waals surface area contributed by atoms with E-state index in [1.165, 1.54) is 36.5 Å². The van der Waals surface area contributed by atoms with E-state index in [1.54, 1.807) is 6.07 Å². The first-order valence-corrected chi connectivity index (χ1v) is 11.2. The van der Waals surface area contributed by atoms with Gasteiger partial charge in [-0.15, -0.1) is 0 Å². The molecule has 0 aliphatic carbocycles. The van der Waals surface area contributed by atoms with Crippen LogP contribution in [0.4, 0.5) is 9.52 Å². The van der Waals surface area contributed by atoms with Crippen molar-refractivity contribution in [3.05, 3.63) is 73.9 Å². The van der Waals surface area contributed by atoms with Crippen molar-refractivity contribution >= 4 is 67.2 Å². The minimum absolute atomic E-state index is 0.0164. The Labute approximate surface area is 184 Å². The fourth-order valence-corrected chi connectivity index (χ4v) is 4.98. The monoisotopic (exact) mass is 493 g/mol. The molecule has 0 aliphatic heterocycles. The Morgan fingerprint density at radius 1 is 1.10 bits per heavy atom. The van der Waals surface area contributed by atoms with Crippen molar-refractivity contribution < 1.29 is 17.6 Å². The molecule has 0 saturated carbocycles. The number of carbonyl (C=O) groups excluding carboxylic acids is 1. The van der Waals surface area contributed by atoms with Crippen molar-refractivity contribution in [3.8, 4) is 0 Å². The number of sulfonamides is 1. The lowest BCUT2D eigenvalue weighted by Gasteiger charge is -2.10. The normalized spacial score (nSPS) is 11.3. The number of anilines is 1. The molecular weight excluding hydrogens is 484 g/mol. The lowest BCUT2D eigenvalue weighted by molar-refractivity contribution is 0.0950. The summed E-state index contributed by atoms with van der Waals surface area (Å²) in [6.07, 6.45) is 1.31. The fraction of sp³-hybridized carbons (Fsp3) is 0.0588. The van der Waals surface area contributed by atoms with Gasteiger partial charge < -0.3 is 5.32 Å². The van der Waals surface area contributed by atoms with E-state index in [0.717, 1.165) is 11.3 Å². The highest BCUT2D eigenvalue weighted by Gasteiger charge is 2.21. The van der Waals surface area contributed by atoms with Gasteiger partial charge in [0.05, 0.1) is 16.2 Å². The average molecular weight is 495 g/mol. The quantitative estimate of drug-likeness (QED) is 0.506. The minimum atomic E-state index is -4.02. The van der Waals surface area contributed by atoms with Crippen molar-refractivity contribution in [1.82, 2.24) is 10.3 Å². The summed E-state index contributed by atoms with van der Waals surface area (Å²) < 4.78 is 41.0. The molecule has 0 aliphatic rings. The number of halogens is 4. The van der Waals surface area contributed by atoms with Crippen molar-refractivity contribution in [3.63, 3.8) is 0 Å². The summed E-state index contributed by atoms with van der Waals surface area (Å²) in [5.74, 6) is -1.10. The minimum Gasteiger partial charge on any atom is -0.348 e. The summed E-state index contributed by atoms with van der Waals surface area (Å²) in [4.78, 5) is 15.9. The van der Waals surface area contributed by atoms with Crippen LogP contribution in [-0.2, 0) is 16.6 Å². The van der Waals surface area contributed by atoms with Gasteiger partial charge in [0.1, 0.15) is 15.0 Å². The molecular formula is C17H11Cl3FN3O3S2. The molecule has 1 heterocycles. The second-order valence-corrected chi connectivity index (χ2v) is 9.78. The van der Waals surface area contributed by atoms with Crippen LogP contribution in [0.1, 0.15) is 15.9 Å². The van der Waals surface area contributed by atoms with Gasteiger partial charge in [-0.3, -0.25) is 9.52 Å². The Hall–Kier alpha value is -1.91. The maximum absolute atomic E-state index is 13.5. The van der Waals surface area contributed by atoms with Crippen LogP contribution in [0.2, 0.25) is 14.4 Å². The van der Waals surface area contributed by atoms with Crippen molar-refractivity contribution in [1.29, 1.82) is 0 Å². The predicted octanol–water partition coefficient (Wildman–Crippen LogP) is 4.97. The lowest BCUT2D eigenvalue weighted by Crippen LogP contribution is -2.23. The van der Waals surface area contributed by atoms with Crippen LogP contribution < -0.4 is 10.0 Å². The fourth-order valence-electron chi connectivity index (χ4n) is 2.27. The predicted molar refractivity (Wildman–Crippen MR) is 112 cm³/mol. The zero-order valence-electron chi connectivity index (χ0n) is 14.2. The Morgan fingerprint density at radius 2 is 1.86 bits per heavy atom. The summed E-state index contributed by atoms with van der Waals surface area (Å²) in [6, 6.07) is 7.91. The summed E-state index contributed by atoms with van der Waals surface area (Å²) in [5.41, 5.74) is 0.650. The third kappa shape index (κ3) is 5.37. The summed E-state index contributed by atoms with van der Waals surface area (Å²) in [5, 5.41) is 2.52. The van der Waals surface area contributed by atoms with E-state index >= 15 is 0 Å². The number of amides is 1. The standard InChI is InChI=1S/C17H11Cl3FN3O3S2/c18-11-3-1-9(5-13(11)21)7-22-16(25)10-2-4-14(12(19)6-10)29(26,27)24-17-23-8-15(20)28-17/h1-6,8H,7H2,(H,22,25)(H,23,24). The second-order valence-electron chi connectivity index (χ2n) is 5.65. The van der Waals surface area contributed by atoms with Crippen LogP contribution in [-0.4, -0.2) is 19.3 Å². The van der Waals surface area contributed by atoms with Crippen LogP contribution in [0.3, 0.4) is 0 Å². The van der Waals surface area contributed by atoms with Gasteiger partial charge in [-0.25, -0.2) is 17.8 Å². The van der Waals surface area contributed by atoms with Gasteiger partial charge in [-0.1, -0.05) is 52.2 Å². The maximum Gasteiger partial charge on any atom is 0.265 e. The van der Waals surface area contributed by atoms with E-state index in [4.69, 9.17) is 34.8 Å². The Bertz CT molecular complexity index is 1190. The Balaban J connectivity index is 1.72. The number of nitrogens with zero attached hydrogens (tertiary/aromatic N) is 1. The first kappa shape index (κ1) is 21.8. The third-order valence-corrected chi connectivity index (χ3v) is 6.91. The van der Waals surface area contributed by atoms with Gasteiger partial charge in [-0.05, 0) is 35.9 Å². The van der Waals surface area contributed by atoms with Gasteiger partial charge in [0.25, 0.3) is 15.9 Å². The van der Waals surface area contributed by atoms with Gasteiger partial charge >= 0.3 is 0 Å². The largest absolute Gasteiger partial charge is 0.348 e. The van der Waals surface area contributed by atoms with Crippen LogP contribution in [0.5, 0.6) is 0 Å². The molecule has 29 heavy (non-hydrogen) atoms. The van der Waals surface area contributed by atoms with E-state index in [-0.39, 0.29) is 32.2 Å². The first-order chi connectivity index (χ1) is 13.7. The van der Waals surface area contributed by atoms with Crippen LogP contribution >= 0.6 is 46.1 Å². The molecule has 0 fully saturated rings. The molecule has 152 valence electrons. The zero-order chi connectivity index (χ0) is 21.2. The maximum atomic E-state index is 13.5. The number of carbonyl (C=O) groups is 1. The molecule has 12 heteroatoms. The third-order valence-electron chi connectivity index (χ3n) is 3.62. The molecule has 0 radical (unpaired) electrons. The molecule has 2 aromatic carbocycles. The highest BCUT2D eigenvalue weighted by atomic mass is 35.5. The summed E-state index contributed by atoms with van der Waals surface area (Å²) in [6.45, 7) is 0.0525. The van der Waals surface area contributed by atoms with Gasteiger partial charge in [0.2, 0.25) is 0 Å². The van der Waals surface area contributed by atoms with Gasteiger partial charge in [-0.2, -0.15) is 0 Å². The van der Waals surface area contributed by atoms with Crippen LogP contribution in [0.15, 0.2) is 47.5 Å². The lowest BCUT2D eigenvalue weighted by atomic mass is 10.2. The average Bonchev–Trinajstić information content (AvgIpc) is 3.06. The number of rotatable bonds is 6. The molecule has 1 aromatic heterocycles. The SMILES string of the molecule is O=C(NCc1ccc(Cl)c(F)c1)c1ccc(S(=O)(=O)Nc2ncc(Cl)s2)c(Cl)c1. The Morgan fingerprint density at radius 3 is 2.48 bits per heavy atom. The molecule has 0 saturated heterocycles. The van der Waals surface area contributed by atoms with Crippen molar-refractivity contribution in [2.45, 2.75) is 11.4 Å². The molecule has 6 nitrogen and oxygen atoms in total. The van der Waals surface area contributed by atoms with Crippen LogP contribution in [0, 0.1) is 5.82 Å². The molecule has 0 atom stereocenters. The highest BCUT2D eigenvalue weighted by molar-refractivity contribution is 7.93.